The predicted molar refractivity (Wildman–Crippen MR) is 73.8 cm³/mol. The van der Waals surface area contributed by atoms with Crippen LogP contribution >= 0.6 is 0 Å². The monoisotopic (exact) mass is 281 g/mol. The van der Waals surface area contributed by atoms with Gasteiger partial charge in [0.25, 0.3) is 0 Å². The molecular weight excluding hydrogens is 262 g/mol. The molecule has 3 rings (SSSR count). The lowest BCUT2D eigenvalue weighted by Gasteiger charge is -2.18. The van der Waals surface area contributed by atoms with Crippen LogP contribution in [0, 0.1) is 5.92 Å². The molecule has 2 fully saturated rings. The van der Waals surface area contributed by atoms with Gasteiger partial charge in [-0.3, -0.25) is 0 Å². The lowest BCUT2D eigenvalue weighted by molar-refractivity contribution is 0.303. The molecule has 2 aliphatic rings. The van der Waals surface area contributed by atoms with Crippen LogP contribution in [0.4, 0.5) is 0 Å². The average Bonchev–Trinajstić information content (AvgIpc) is 3.11. The van der Waals surface area contributed by atoms with Crippen molar-refractivity contribution in [3.05, 3.63) is 29.8 Å². The van der Waals surface area contributed by atoms with Gasteiger partial charge in [0.1, 0.15) is 5.75 Å². The molecule has 2 N–H and O–H groups in total. The van der Waals surface area contributed by atoms with E-state index in [9.17, 15) is 8.42 Å². The Morgan fingerprint density at radius 2 is 1.84 bits per heavy atom. The van der Waals surface area contributed by atoms with Crippen LogP contribution in [0.3, 0.4) is 0 Å². The van der Waals surface area contributed by atoms with Crippen molar-refractivity contribution in [1.29, 1.82) is 0 Å². The third-order valence-corrected chi connectivity index (χ3v) is 5.66. The van der Waals surface area contributed by atoms with E-state index in [0.29, 0.717) is 12.5 Å². The first-order chi connectivity index (χ1) is 9.03. The van der Waals surface area contributed by atoms with E-state index in [1.165, 1.54) is 0 Å². The topological polar surface area (TPSA) is 69.4 Å². The smallest absolute Gasteiger partial charge is 0.150 e. The van der Waals surface area contributed by atoms with Crippen LogP contribution in [0.2, 0.25) is 0 Å². The summed E-state index contributed by atoms with van der Waals surface area (Å²) in [7, 11) is -2.87. The second-order valence-electron chi connectivity index (χ2n) is 5.58. The van der Waals surface area contributed by atoms with E-state index in [1.807, 2.05) is 24.3 Å². The summed E-state index contributed by atoms with van der Waals surface area (Å²) < 4.78 is 28.6. The summed E-state index contributed by atoms with van der Waals surface area (Å²) in [5.74, 6) is 1.40. The molecule has 2 atom stereocenters. The fraction of sp³-hybridized carbons (Fsp3) is 0.571. The number of hydrogen-bond acceptors (Lipinski definition) is 4. The van der Waals surface area contributed by atoms with Gasteiger partial charge in [-0.15, -0.1) is 0 Å². The highest BCUT2D eigenvalue weighted by atomic mass is 32.2. The fourth-order valence-electron chi connectivity index (χ4n) is 2.53. The second-order valence-corrected chi connectivity index (χ2v) is 7.80. The molecule has 19 heavy (non-hydrogen) atoms. The van der Waals surface area contributed by atoms with Gasteiger partial charge in [-0.2, -0.15) is 0 Å². The van der Waals surface area contributed by atoms with Crippen LogP contribution < -0.4 is 10.5 Å². The molecule has 1 saturated heterocycles. The Morgan fingerprint density at radius 3 is 2.37 bits per heavy atom. The Bertz CT molecular complexity index is 549. The van der Waals surface area contributed by atoms with E-state index < -0.39 is 9.84 Å². The zero-order chi connectivity index (χ0) is 13.5. The summed E-state index contributed by atoms with van der Waals surface area (Å²) >= 11 is 0. The van der Waals surface area contributed by atoms with Gasteiger partial charge in [-0.05, 0) is 42.9 Å². The molecule has 1 aromatic rings. The van der Waals surface area contributed by atoms with Crippen LogP contribution in [-0.2, 0) is 9.84 Å². The molecule has 1 heterocycles. The highest BCUT2D eigenvalue weighted by molar-refractivity contribution is 7.91. The number of ether oxygens (including phenoxy) is 1. The molecule has 0 radical (unpaired) electrons. The first kappa shape index (κ1) is 12.9. The third kappa shape index (κ3) is 3.09. The summed E-state index contributed by atoms with van der Waals surface area (Å²) in [6, 6.07) is 7.56. The standard InChI is InChI=1S/C14H19NO3S/c15-14(11-7-8-19(16,17)9-11)10-1-3-12(4-2-10)18-13-5-6-13/h1-4,11,13-14H,5-9,15H2. The molecular formula is C14H19NO3S. The molecule has 4 nitrogen and oxygen atoms in total. The molecule has 104 valence electrons. The first-order valence-corrected chi connectivity index (χ1v) is 8.58. The van der Waals surface area contributed by atoms with Crippen LogP contribution in [0.5, 0.6) is 5.75 Å². The Hall–Kier alpha value is -1.07. The van der Waals surface area contributed by atoms with E-state index in [2.05, 4.69) is 0 Å². The predicted octanol–water partition coefficient (Wildman–Crippen LogP) is 1.66. The van der Waals surface area contributed by atoms with E-state index in [0.717, 1.165) is 24.2 Å². The van der Waals surface area contributed by atoms with E-state index in [-0.39, 0.29) is 23.5 Å². The molecule has 0 spiro atoms. The second kappa shape index (κ2) is 4.80. The molecule has 2 unspecified atom stereocenters. The molecule has 1 saturated carbocycles. The van der Waals surface area contributed by atoms with Crippen LogP contribution in [0.25, 0.3) is 0 Å². The number of nitrogens with two attached hydrogens (primary N) is 1. The van der Waals surface area contributed by atoms with Gasteiger partial charge in [-0.1, -0.05) is 12.1 Å². The fourth-order valence-corrected chi connectivity index (χ4v) is 4.38. The lowest BCUT2D eigenvalue weighted by atomic mass is 9.93. The normalized spacial score (nSPS) is 27.1. The van der Waals surface area contributed by atoms with Crippen LogP contribution in [0.15, 0.2) is 24.3 Å². The zero-order valence-electron chi connectivity index (χ0n) is 10.8. The zero-order valence-corrected chi connectivity index (χ0v) is 11.6. The van der Waals surface area contributed by atoms with Crippen molar-refractivity contribution in [2.45, 2.75) is 31.4 Å². The van der Waals surface area contributed by atoms with Crippen molar-refractivity contribution in [2.24, 2.45) is 11.7 Å². The maximum atomic E-state index is 11.5. The highest BCUT2D eigenvalue weighted by Crippen LogP contribution is 2.31. The number of hydrogen-bond donors (Lipinski definition) is 1. The van der Waals surface area contributed by atoms with Gasteiger partial charge in [0.05, 0.1) is 17.6 Å². The molecule has 1 aliphatic heterocycles. The molecule has 1 aliphatic carbocycles. The summed E-state index contributed by atoms with van der Waals surface area (Å²) in [5.41, 5.74) is 7.17. The van der Waals surface area contributed by atoms with Crippen LogP contribution in [-0.4, -0.2) is 26.0 Å². The molecule has 0 amide bonds. The minimum atomic E-state index is -2.87. The quantitative estimate of drug-likeness (QED) is 0.911. The molecule has 0 aromatic heterocycles. The minimum Gasteiger partial charge on any atom is -0.490 e. The summed E-state index contributed by atoms with van der Waals surface area (Å²) in [4.78, 5) is 0. The lowest BCUT2D eigenvalue weighted by Crippen LogP contribution is -2.22. The highest BCUT2D eigenvalue weighted by Gasteiger charge is 2.32. The Labute approximate surface area is 113 Å². The Morgan fingerprint density at radius 1 is 1.16 bits per heavy atom. The van der Waals surface area contributed by atoms with Crippen molar-refractivity contribution >= 4 is 9.84 Å². The molecule has 5 heteroatoms. The van der Waals surface area contributed by atoms with Gasteiger partial charge in [0.15, 0.2) is 9.84 Å². The van der Waals surface area contributed by atoms with Crippen LogP contribution in [0.1, 0.15) is 30.9 Å². The van der Waals surface area contributed by atoms with E-state index in [4.69, 9.17) is 10.5 Å². The first-order valence-electron chi connectivity index (χ1n) is 6.76. The maximum Gasteiger partial charge on any atom is 0.150 e. The van der Waals surface area contributed by atoms with Crippen molar-refractivity contribution < 1.29 is 13.2 Å². The van der Waals surface area contributed by atoms with Crippen molar-refractivity contribution in [1.82, 2.24) is 0 Å². The molecule has 1 aromatic carbocycles. The van der Waals surface area contributed by atoms with Crippen molar-refractivity contribution in [3.63, 3.8) is 0 Å². The third-order valence-electron chi connectivity index (χ3n) is 3.87. The van der Waals surface area contributed by atoms with E-state index in [1.54, 1.807) is 0 Å². The van der Waals surface area contributed by atoms with E-state index >= 15 is 0 Å². The van der Waals surface area contributed by atoms with Crippen molar-refractivity contribution in [2.75, 3.05) is 11.5 Å². The summed E-state index contributed by atoms with van der Waals surface area (Å²) in [5, 5.41) is 0. The van der Waals surface area contributed by atoms with Gasteiger partial charge in [0, 0.05) is 6.04 Å². The van der Waals surface area contributed by atoms with Gasteiger partial charge >= 0.3 is 0 Å². The van der Waals surface area contributed by atoms with Gasteiger partial charge < -0.3 is 10.5 Å². The molecule has 0 bridgehead atoms. The largest absolute Gasteiger partial charge is 0.490 e. The SMILES string of the molecule is NC(c1ccc(OC2CC2)cc1)C1CCS(=O)(=O)C1. The van der Waals surface area contributed by atoms with Crippen molar-refractivity contribution in [3.8, 4) is 5.75 Å². The summed E-state index contributed by atoms with van der Waals surface area (Å²) in [6.45, 7) is 0. The summed E-state index contributed by atoms with van der Waals surface area (Å²) in [6.07, 6.45) is 3.34. The maximum absolute atomic E-state index is 11.5. The number of rotatable bonds is 4. The Kier molecular flexibility index (Phi) is 3.27. The number of sulfone groups is 1. The number of benzene rings is 1. The van der Waals surface area contributed by atoms with Gasteiger partial charge in [0.2, 0.25) is 0 Å². The minimum absolute atomic E-state index is 0.0419. The average molecular weight is 281 g/mol. The van der Waals surface area contributed by atoms with Gasteiger partial charge in [-0.25, -0.2) is 8.42 Å². The Balaban J connectivity index is 1.67.